The zero-order valence-electron chi connectivity index (χ0n) is 15.1. The molecule has 0 fully saturated rings. The van der Waals surface area contributed by atoms with E-state index in [2.05, 4.69) is 0 Å². The van der Waals surface area contributed by atoms with Crippen LogP contribution in [0.3, 0.4) is 0 Å². The molecule has 28 heavy (non-hydrogen) atoms. The summed E-state index contributed by atoms with van der Waals surface area (Å²) in [6.07, 6.45) is -16.2. The molecule has 0 bridgehead atoms. The van der Waals surface area contributed by atoms with E-state index in [4.69, 9.17) is 51.1 Å². The number of hydrogen-bond donors (Lipinski definition) is 10. The predicted molar refractivity (Wildman–Crippen MR) is 72.2 cm³/mol. The van der Waals surface area contributed by atoms with Crippen molar-refractivity contribution in [1.29, 1.82) is 0 Å². The Labute approximate surface area is 213 Å². The smallest absolute Gasteiger partial charge is 0.547 e. The first-order valence-corrected chi connectivity index (χ1v) is 6.91. The normalized spacial score (nSPS) is 18.9. The van der Waals surface area contributed by atoms with E-state index >= 15 is 0 Å². The average molecular weight is 436 g/mol. The maximum Gasteiger partial charge on any atom is 1.00 e. The van der Waals surface area contributed by atoms with Gasteiger partial charge in [-0.2, -0.15) is 0 Å². The number of aliphatic hydroxyl groups excluding tert-OH is 10. The third-order valence-electron chi connectivity index (χ3n) is 2.99. The molecular formula is C12H22KLiO14. The Balaban J connectivity index is -0.000000192. The Kier molecular flexibility index (Phi) is 23.9. The van der Waals surface area contributed by atoms with Crippen LogP contribution in [0.1, 0.15) is 0 Å². The quantitative estimate of drug-likeness (QED) is 0.142. The van der Waals surface area contributed by atoms with E-state index in [0.717, 1.165) is 0 Å². The van der Waals surface area contributed by atoms with Crippen molar-refractivity contribution in [2.75, 3.05) is 13.2 Å². The Morgan fingerprint density at radius 1 is 0.607 bits per heavy atom. The second kappa shape index (κ2) is 18.5. The number of rotatable bonds is 10. The summed E-state index contributed by atoms with van der Waals surface area (Å²) in [6, 6.07) is 0. The van der Waals surface area contributed by atoms with Gasteiger partial charge in [0.05, 0.1) is 25.2 Å². The summed E-state index contributed by atoms with van der Waals surface area (Å²) in [5, 5.41) is 107. The van der Waals surface area contributed by atoms with Gasteiger partial charge in [0.2, 0.25) is 0 Å². The monoisotopic (exact) mass is 436 g/mol. The van der Waals surface area contributed by atoms with E-state index in [0.29, 0.717) is 0 Å². The van der Waals surface area contributed by atoms with Gasteiger partial charge in [0.1, 0.15) is 48.8 Å². The van der Waals surface area contributed by atoms with Gasteiger partial charge in [-0.1, -0.05) is 0 Å². The van der Waals surface area contributed by atoms with Crippen molar-refractivity contribution in [1.82, 2.24) is 0 Å². The minimum atomic E-state index is -2.31. The topological polar surface area (TPSA) is 283 Å². The number of carboxylic acid groups (broad SMARTS) is 2. The van der Waals surface area contributed by atoms with Gasteiger partial charge in [-0.15, -0.1) is 0 Å². The molecule has 14 nitrogen and oxygen atoms in total. The van der Waals surface area contributed by atoms with E-state index in [1.807, 2.05) is 0 Å². The van der Waals surface area contributed by atoms with Crippen LogP contribution in [0.4, 0.5) is 0 Å². The minimum Gasteiger partial charge on any atom is -0.547 e. The molecule has 0 aliphatic rings. The van der Waals surface area contributed by atoms with Crippen molar-refractivity contribution in [3.63, 3.8) is 0 Å². The Morgan fingerprint density at radius 3 is 0.964 bits per heavy atom. The van der Waals surface area contributed by atoms with Gasteiger partial charge in [0, 0.05) is 0 Å². The SMILES string of the molecule is O=C([O-])[C@H](O)[C@@H](O)[C@@H](O)[C@H](O)CO.O=C([O-])[C@H](O)[C@@H](O)[C@@H](O)[C@H](O)CO.[K+].[Li+]. The molecule has 0 aromatic heterocycles. The van der Waals surface area contributed by atoms with Crippen molar-refractivity contribution in [3.8, 4) is 0 Å². The summed E-state index contributed by atoms with van der Waals surface area (Å²) in [7, 11) is 0. The second-order valence-electron chi connectivity index (χ2n) is 4.99. The predicted octanol–water partition coefficient (Wildman–Crippen LogP) is -15.6. The van der Waals surface area contributed by atoms with E-state index in [-0.39, 0.29) is 70.2 Å². The Bertz CT molecular complexity index is 391. The van der Waals surface area contributed by atoms with Crippen LogP contribution >= 0.6 is 0 Å². The maximum atomic E-state index is 9.98. The zero-order valence-corrected chi connectivity index (χ0v) is 18.3. The Morgan fingerprint density at radius 2 is 0.821 bits per heavy atom. The fourth-order valence-corrected chi connectivity index (χ4v) is 1.32. The first-order chi connectivity index (χ1) is 11.8. The molecule has 0 unspecified atom stereocenters. The molecule has 10 N–H and O–H groups in total. The van der Waals surface area contributed by atoms with Crippen molar-refractivity contribution in [2.24, 2.45) is 0 Å². The number of carbonyl (C=O) groups excluding carboxylic acids is 2. The van der Waals surface area contributed by atoms with Crippen LogP contribution in [0.5, 0.6) is 0 Å². The molecule has 0 amide bonds. The molecule has 0 aliphatic carbocycles. The van der Waals surface area contributed by atoms with Crippen LogP contribution < -0.4 is 80.5 Å². The summed E-state index contributed by atoms with van der Waals surface area (Å²) in [5.74, 6) is -3.95. The van der Waals surface area contributed by atoms with Crippen LogP contribution in [0, 0.1) is 0 Å². The number of aliphatic carboxylic acids is 2. The van der Waals surface area contributed by atoms with Crippen LogP contribution in [0.15, 0.2) is 0 Å². The molecule has 0 radical (unpaired) electrons. The molecule has 8 atom stereocenters. The maximum absolute atomic E-state index is 9.98. The molecule has 0 heterocycles. The molecule has 0 saturated carbocycles. The minimum absolute atomic E-state index is 0. The summed E-state index contributed by atoms with van der Waals surface area (Å²) < 4.78 is 0. The molecule has 16 heteroatoms. The average Bonchev–Trinajstić information content (AvgIpc) is 2.62. The molecular weight excluding hydrogens is 414 g/mol. The summed E-state index contributed by atoms with van der Waals surface area (Å²) in [4.78, 5) is 20.0. The van der Waals surface area contributed by atoms with Crippen LogP contribution in [-0.4, -0.2) is 125 Å². The molecule has 0 aromatic rings. The van der Waals surface area contributed by atoms with Crippen molar-refractivity contribution < 1.29 is 141 Å². The van der Waals surface area contributed by atoms with E-state index < -0.39 is 74.0 Å². The number of hydrogen-bond acceptors (Lipinski definition) is 14. The summed E-state index contributed by atoms with van der Waals surface area (Å²) in [5.41, 5.74) is 0. The fourth-order valence-electron chi connectivity index (χ4n) is 1.32. The number of aliphatic hydroxyl groups is 10. The van der Waals surface area contributed by atoms with Gasteiger partial charge in [0.25, 0.3) is 0 Å². The third kappa shape index (κ3) is 13.2. The van der Waals surface area contributed by atoms with Crippen molar-refractivity contribution >= 4 is 11.9 Å². The molecule has 0 saturated heterocycles. The second-order valence-corrected chi connectivity index (χ2v) is 4.99. The number of carboxylic acids is 2. The first kappa shape index (κ1) is 36.2. The van der Waals surface area contributed by atoms with Crippen molar-refractivity contribution in [3.05, 3.63) is 0 Å². The van der Waals surface area contributed by atoms with E-state index in [9.17, 15) is 19.8 Å². The third-order valence-corrected chi connectivity index (χ3v) is 2.99. The zero-order chi connectivity index (χ0) is 21.2. The van der Waals surface area contributed by atoms with Crippen LogP contribution in [-0.2, 0) is 9.59 Å². The Hall–Kier alpha value is 0.774. The molecule has 0 aromatic carbocycles. The standard InChI is InChI=1S/2C6H12O7.K.Li/c2*7-1-2(8)3(9)4(10)5(11)6(12)13;;/h2*2-5,7-11H,1H2,(H,12,13);;/q;;2*+1/p-2/t2*2-,3+,4+,5-;;/m11../s1. The van der Waals surface area contributed by atoms with Gasteiger partial charge >= 0.3 is 70.2 Å². The molecule has 0 aliphatic heterocycles. The van der Waals surface area contributed by atoms with E-state index in [1.165, 1.54) is 0 Å². The van der Waals surface area contributed by atoms with Crippen LogP contribution in [0.2, 0.25) is 0 Å². The molecule has 156 valence electrons. The van der Waals surface area contributed by atoms with Crippen molar-refractivity contribution in [2.45, 2.75) is 48.8 Å². The largest absolute Gasteiger partial charge is 1.00 e. The molecule has 0 rings (SSSR count). The van der Waals surface area contributed by atoms with E-state index in [1.54, 1.807) is 0 Å². The first-order valence-electron chi connectivity index (χ1n) is 6.91. The van der Waals surface area contributed by atoms with Gasteiger partial charge in [0.15, 0.2) is 0 Å². The summed E-state index contributed by atoms with van der Waals surface area (Å²) >= 11 is 0. The number of carbonyl (C=O) groups is 2. The van der Waals surface area contributed by atoms with Gasteiger partial charge < -0.3 is 70.9 Å². The van der Waals surface area contributed by atoms with Gasteiger partial charge in [-0.05, 0) is 0 Å². The van der Waals surface area contributed by atoms with Gasteiger partial charge in [-0.3, -0.25) is 0 Å². The molecule has 0 spiro atoms. The fraction of sp³-hybridized carbons (Fsp3) is 0.833. The summed E-state index contributed by atoms with van der Waals surface area (Å²) in [6.45, 7) is -1.73. The van der Waals surface area contributed by atoms with Crippen LogP contribution in [0.25, 0.3) is 0 Å². The van der Waals surface area contributed by atoms with Gasteiger partial charge in [-0.25, -0.2) is 0 Å².